The zero-order valence-electron chi connectivity index (χ0n) is 19.3. The van der Waals surface area contributed by atoms with Crippen LogP contribution in [0, 0.1) is 13.8 Å². The van der Waals surface area contributed by atoms with Gasteiger partial charge in [-0.15, -0.1) is 0 Å². The summed E-state index contributed by atoms with van der Waals surface area (Å²) in [5, 5.41) is 0.422. The quantitative estimate of drug-likeness (QED) is 0.493. The molecule has 0 aliphatic heterocycles. The van der Waals surface area contributed by atoms with E-state index in [0.29, 0.717) is 22.3 Å². The average Bonchev–Trinajstić information content (AvgIpc) is 2.67. The lowest BCUT2D eigenvalue weighted by atomic mass is 9.86. The van der Waals surface area contributed by atoms with Gasteiger partial charge in [-0.2, -0.15) is 0 Å². The summed E-state index contributed by atoms with van der Waals surface area (Å²) in [5.41, 5.74) is 4.05. The smallest absolute Gasteiger partial charge is 0.344 e. The monoisotopic (exact) mass is 422 g/mol. The number of aryl methyl sites for hydroxylation is 2. The molecule has 0 amide bonds. The second-order valence-corrected chi connectivity index (χ2v) is 9.18. The minimum Gasteiger partial charge on any atom is -0.474 e. The summed E-state index contributed by atoms with van der Waals surface area (Å²) < 4.78 is 17.0. The van der Waals surface area contributed by atoms with Crippen LogP contribution in [-0.2, 0) is 14.9 Å². The van der Waals surface area contributed by atoms with E-state index >= 15 is 0 Å². The van der Waals surface area contributed by atoms with E-state index in [2.05, 4.69) is 20.8 Å². The maximum absolute atomic E-state index is 13.3. The fourth-order valence-electron chi connectivity index (χ4n) is 3.30. The molecule has 5 nitrogen and oxygen atoms in total. The van der Waals surface area contributed by atoms with Crippen molar-refractivity contribution in [2.45, 2.75) is 60.0 Å². The van der Waals surface area contributed by atoms with Gasteiger partial charge in [-0.25, -0.2) is 4.79 Å². The van der Waals surface area contributed by atoms with Crippen molar-refractivity contribution in [3.05, 3.63) is 63.3 Å². The zero-order chi connectivity index (χ0) is 22.9. The number of hydrogen-bond acceptors (Lipinski definition) is 5. The zero-order valence-corrected chi connectivity index (χ0v) is 19.3. The third kappa shape index (κ3) is 4.98. The van der Waals surface area contributed by atoms with Gasteiger partial charge in [0.15, 0.2) is 12.4 Å². The number of fused-ring (bicyclic) bond motifs is 1. The van der Waals surface area contributed by atoms with Crippen molar-refractivity contribution < 1.29 is 18.7 Å². The minimum absolute atomic E-state index is 0.00265. The summed E-state index contributed by atoms with van der Waals surface area (Å²) in [6.45, 7) is 13.5. The summed E-state index contributed by atoms with van der Waals surface area (Å²) in [6.07, 6.45) is -0.265. The molecular formula is C26H30O5. The van der Waals surface area contributed by atoms with Crippen LogP contribution in [0.1, 0.15) is 51.3 Å². The van der Waals surface area contributed by atoms with Gasteiger partial charge in [0.2, 0.25) is 11.2 Å². The Kier molecular flexibility index (Phi) is 6.25. The lowest BCUT2D eigenvalue weighted by molar-refractivity contribution is -0.149. The normalized spacial score (nSPS) is 11.7. The summed E-state index contributed by atoms with van der Waals surface area (Å²) in [6, 6.07) is 11.5. The molecule has 164 valence electrons. The first-order valence-corrected chi connectivity index (χ1v) is 10.5. The molecule has 0 N–H and O–H groups in total. The van der Waals surface area contributed by atoms with Gasteiger partial charge in [-0.1, -0.05) is 45.0 Å². The van der Waals surface area contributed by atoms with Gasteiger partial charge in [-0.3, -0.25) is 4.79 Å². The molecule has 0 spiro atoms. The third-order valence-corrected chi connectivity index (χ3v) is 5.18. The number of carbonyl (C=O) groups excluding carboxylic acids is 1. The summed E-state index contributed by atoms with van der Waals surface area (Å²) in [4.78, 5) is 25.3. The van der Waals surface area contributed by atoms with E-state index in [1.807, 2.05) is 44.2 Å². The molecule has 1 heterocycles. The first kappa shape index (κ1) is 22.6. The molecule has 0 fully saturated rings. The second kappa shape index (κ2) is 8.58. The lowest BCUT2D eigenvalue weighted by Crippen LogP contribution is -2.21. The SMILES string of the molecule is Cc1cc2oc(-c3ccc(C(C)(C)C)cc3)c(OCC(=O)OC(C)C)c(=O)c2cc1C. The molecule has 0 atom stereocenters. The number of ether oxygens (including phenoxy) is 2. The molecule has 0 aliphatic carbocycles. The molecule has 3 rings (SSSR count). The number of carbonyl (C=O) groups is 1. The fraction of sp³-hybridized carbons (Fsp3) is 0.385. The highest BCUT2D eigenvalue weighted by Crippen LogP contribution is 2.33. The van der Waals surface area contributed by atoms with E-state index < -0.39 is 5.97 Å². The Morgan fingerprint density at radius 2 is 1.65 bits per heavy atom. The molecule has 0 saturated carbocycles. The van der Waals surface area contributed by atoms with Crippen molar-refractivity contribution in [2.24, 2.45) is 0 Å². The summed E-state index contributed by atoms with van der Waals surface area (Å²) >= 11 is 0. The topological polar surface area (TPSA) is 65.7 Å². The second-order valence-electron chi connectivity index (χ2n) is 9.18. The maximum Gasteiger partial charge on any atom is 0.344 e. The summed E-state index contributed by atoms with van der Waals surface area (Å²) in [7, 11) is 0. The van der Waals surface area contributed by atoms with Crippen LogP contribution in [0.3, 0.4) is 0 Å². The Hall–Kier alpha value is -3.08. The van der Waals surface area contributed by atoms with Gasteiger partial charge in [0.05, 0.1) is 11.5 Å². The Bertz CT molecular complexity index is 1160. The molecule has 0 unspecified atom stereocenters. The van der Waals surface area contributed by atoms with Crippen LogP contribution < -0.4 is 10.2 Å². The first-order chi connectivity index (χ1) is 14.5. The molecule has 2 aromatic carbocycles. The van der Waals surface area contributed by atoms with E-state index in [-0.39, 0.29) is 29.3 Å². The van der Waals surface area contributed by atoms with Gasteiger partial charge < -0.3 is 13.9 Å². The van der Waals surface area contributed by atoms with Crippen molar-refractivity contribution in [2.75, 3.05) is 6.61 Å². The van der Waals surface area contributed by atoms with Gasteiger partial charge in [-0.05, 0) is 61.9 Å². The predicted molar refractivity (Wildman–Crippen MR) is 123 cm³/mol. The Morgan fingerprint density at radius 3 is 2.23 bits per heavy atom. The highest BCUT2D eigenvalue weighted by molar-refractivity contribution is 5.83. The lowest BCUT2D eigenvalue weighted by Gasteiger charge is -2.19. The van der Waals surface area contributed by atoms with E-state index in [1.54, 1.807) is 19.9 Å². The Labute approximate surface area is 183 Å². The van der Waals surface area contributed by atoms with Crippen LogP contribution in [-0.4, -0.2) is 18.7 Å². The highest BCUT2D eigenvalue weighted by atomic mass is 16.6. The number of esters is 1. The Morgan fingerprint density at radius 1 is 1.03 bits per heavy atom. The van der Waals surface area contributed by atoms with E-state index in [1.165, 1.54) is 0 Å². The van der Waals surface area contributed by atoms with Gasteiger partial charge in [0.1, 0.15) is 5.58 Å². The largest absolute Gasteiger partial charge is 0.474 e. The third-order valence-electron chi connectivity index (χ3n) is 5.18. The van der Waals surface area contributed by atoms with Gasteiger partial charge in [0, 0.05) is 5.56 Å². The molecule has 31 heavy (non-hydrogen) atoms. The standard InChI is InChI=1S/C26H30O5/c1-15(2)30-22(27)14-29-25-23(28)20-12-16(3)17(4)13-21(20)31-24(25)18-8-10-19(11-9-18)26(5,6)7/h8-13,15H,14H2,1-7H3. The highest BCUT2D eigenvalue weighted by Gasteiger charge is 2.21. The Balaban J connectivity index is 2.14. The number of rotatable bonds is 5. The number of hydrogen-bond donors (Lipinski definition) is 0. The minimum atomic E-state index is -0.538. The van der Waals surface area contributed by atoms with Crippen molar-refractivity contribution >= 4 is 16.9 Å². The van der Waals surface area contributed by atoms with Crippen LogP contribution in [0.15, 0.2) is 45.6 Å². The predicted octanol–water partition coefficient (Wildman–Crippen LogP) is 5.70. The molecule has 0 bridgehead atoms. The van der Waals surface area contributed by atoms with Crippen LogP contribution in [0.2, 0.25) is 0 Å². The van der Waals surface area contributed by atoms with E-state index in [9.17, 15) is 9.59 Å². The van der Waals surface area contributed by atoms with Crippen LogP contribution in [0.25, 0.3) is 22.3 Å². The molecule has 0 saturated heterocycles. The molecule has 0 aliphatic rings. The molecule has 1 aromatic heterocycles. The van der Waals surface area contributed by atoms with Gasteiger partial charge in [0.25, 0.3) is 0 Å². The first-order valence-electron chi connectivity index (χ1n) is 10.5. The molecule has 5 heteroatoms. The van der Waals surface area contributed by atoms with Crippen molar-refractivity contribution in [1.29, 1.82) is 0 Å². The van der Waals surface area contributed by atoms with Crippen molar-refractivity contribution in [1.82, 2.24) is 0 Å². The fourth-order valence-corrected chi connectivity index (χ4v) is 3.30. The van der Waals surface area contributed by atoms with E-state index in [0.717, 1.165) is 16.7 Å². The van der Waals surface area contributed by atoms with E-state index in [4.69, 9.17) is 13.9 Å². The van der Waals surface area contributed by atoms with Gasteiger partial charge >= 0.3 is 5.97 Å². The van der Waals surface area contributed by atoms with Crippen LogP contribution in [0.5, 0.6) is 5.75 Å². The molecule has 3 aromatic rings. The van der Waals surface area contributed by atoms with Crippen molar-refractivity contribution in [3.8, 4) is 17.1 Å². The maximum atomic E-state index is 13.3. The molecule has 0 radical (unpaired) electrons. The summed E-state index contributed by atoms with van der Waals surface area (Å²) in [5.74, 6) is -0.220. The van der Waals surface area contributed by atoms with Crippen molar-refractivity contribution in [3.63, 3.8) is 0 Å². The molecular weight excluding hydrogens is 392 g/mol. The van der Waals surface area contributed by atoms with Crippen LogP contribution >= 0.6 is 0 Å². The van der Waals surface area contributed by atoms with Crippen LogP contribution in [0.4, 0.5) is 0 Å². The number of benzene rings is 2. The average molecular weight is 423 g/mol.